The number of carbonyl (C=O) groups excluding carboxylic acids is 2. The third-order valence-corrected chi connectivity index (χ3v) is 8.05. The predicted molar refractivity (Wildman–Crippen MR) is 177 cm³/mol. The van der Waals surface area contributed by atoms with Crippen LogP contribution in [0.1, 0.15) is 131 Å². The summed E-state index contributed by atoms with van der Waals surface area (Å²) in [6.07, 6.45) is 7.81. The minimum atomic E-state index is -4.64. The summed E-state index contributed by atoms with van der Waals surface area (Å²) >= 11 is 0. The molecule has 0 bridgehead atoms. The van der Waals surface area contributed by atoms with Gasteiger partial charge in [0.05, 0.1) is 17.7 Å². The molecule has 0 N–H and O–H groups in total. The summed E-state index contributed by atoms with van der Waals surface area (Å²) in [5.74, 6) is -0.718. The monoisotopic (exact) mass is 642 g/mol. The highest BCUT2D eigenvalue weighted by Crippen LogP contribution is 2.29. The van der Waals surface area contributed by atoms with Gasteiger partial charge in [0.15, 0.2) is 6.10 Å². The minimum Gasteiger partial charge on any atom is -0.494 e. The smallest absolute Gasteiger partial charge is 0.425 e. The maximum atomic E-state index is 13.5. The average molecular weight is 643 g/mol. The topological polar surface area (TPSA) is 61.8 Å². The molecule has 46 heavy (non-hydrogen) atoms. The number of esters is 2. The summed E-state index contributed by atoms with van der Waals surface area (Å²) in [6.45, 7) is 4.97. The molecule has 0 radical (unpaired) electrons. The fourth-order valence-electron chi connectivity index (χ4n) is 5.29. The molecule has 3 rings (SSSR count). The zero-order valence-electron chi connectivity index (χ0n) is 27.3. The number of hydrogen-bond donors (Lipinski definition) is 0. The van der Waals surface area contributed by atoms with Crippen molar-refractivity contribution in [2.75, 3.05) is 6.61 Å². The quantitative estimate of drug-likeness (QED) is 0.0657. The summed E-state index contributed by atoms with van der Waals surface area (Å²) in [5, 5.41) is 1.79. The number of halogens is 3. The average Bonchev–Trinajstić information content (AvgIpc) is 3.04. The summed E-state index contributed by atoms with van der Waals surface area (Å²) < 4.78 is 56.7. The van der Waals surface area contributed by atoms with Crippen LogP contribution in [0.5, 0.6) is 11.5 Å². The Morgan fingerprint density at radius 1 is 0.609 bits per heavy atom. The van der Waals surface area contributed by atoms with E-state index in [1.807, 2.05) is 24.3 Å². The largest absolute Gasteiger partial charge is 0.494 e. The SMILES string of the molecule is CCCCCCCCCCOc1ccc2cc(C(=O)Oc3ccc(C(=O)OC(CCCCCCCC)C(F)(F)F)cc3)ccc2c1. The molecule has 0 aromatic heterocycles. The normalized spacial score (nSPS) is 12.2. The second-order valence-corrected chi connectivity index (χ2v) is 12.0. The van der Waals surface area contributed by atoms with E-state index in [0.717, 1.165) is 55.0 Å². The van der Waals surface area contributed by atoms with Crippen LogP contribution in [-0.2, 0) is 4.74 Å². The molecule has 252 valence electrons. The molecule has 8 heteroatoms. The maximum Gasteiger partial charge on any atom is 0.425 e. The second kappa shape index (κ2) is 19.9. The highest BCUT2D eigenvalue weighted by Gasteiger charge is 2.42. The van der Waals surface area contributed by atoms with Crippen LogP contribution in [0.15, 0.2) is 60.7 Å². The van der Waals surface area contributed by atoms with E-state index in [1.54, 1.807) is 12.1 Å². The first-order valence-corrected chi connectivity index (χ1v) is 17.0. The Hall–Kier alpha value is -3.55. The van der Waals surface area contributed by atoms with E-state index in [0.29, 0.717) is 25.0 Å². The van der Waals surface area contributed by atoms with E-state index in [9.17, 15) is 22.8 Å². The Labute approximate surface area is 271 Å². The van der Waals surface area contributed by atoms with E-state index >= 15 is 0 Å². The van der Waals surface area contributed by atoms with E-state index < -0.39 is 24.2 Å². The Kier molecular flexibility index (Phi) is 15.9. The van der Waals surface area contributed by atoms with Crippen molar-refractivity contribution < 1.29 is 37.0 Å². The Balaban J connectivity index is 1.47. The second-order valence-electron chi connectivity index (χ2n) is 12.0. The van der Waals surface area contributed by atoms with Gasteiger partial charge in [-0.3, -0.25) is 0 Å². The van der Waals surface area contributed by atoms with Crippen molar-refractivity contribution in [2.24, 2.45) is 0 Å². The number of unbranched alkanes of at least 4 members (excludes halogenated alkanes) is 12. The molecule has 1 unspecified atom stereocenters. The van der Waals surface area contributed by atoms with Crippen LogP contribution in [0.25, 0.3) is 10.8 Å². The van der Waals surface area contributed by atoms with E-state index in [-0.39, 0.29) is 17.7 Å². The molecule has 0 fully saturated rings. The van der Waals surface area contributed by atoms with Crippen LogP contribution in [0.3, 0.4) is 0 Å². The lowest BCUT2D eigenvalue weighted by atomic mass is 10.1. The number of benzene rings is 3. The van der Waals surface area contributed by atoms with Gasteiger partial charge in [-0.1, -0.05) is 103 Å². The molecule has 3 aromatic carbocycles. The van der Waals surface area contributed by atoms with Gasteiger partial charge in [-0.15, -0.1) is 0 Å². The van der Waals surface area contributed by atoms with Gasteiger partial charge in [0, 0.05) is 0 Å². The number of carbonyl (C=O) groups is 2. The van der Waals surface area contributed by atoms with Crippen molar-refractivity contribution in [2.45, 2.75) is 122 Å². The minimum absolute atomic E-state index is 0.0527. The highest BCUT2D eigenvalue weighted by molar-refractivity contribution is 5.97. The molecule has 0 heterocycles. The Bertz CT molecular complexity index is 1340. The third kappa shape index (κ3) is 13.1. The Morgan fingerprint density at radius 2 is 1.13 bits per heavy atom. The van der Waals surface area contributed by atoms with Crippen LogP contribution in [-0.4, -0.2) is 30.8 Å². The number of rotatable bonds is 21. The van der Waals surface area contributed by atoms with Crippen LogP contribution in [0.2, 0.25) is 0 Å². The summed E-state index contributed by atoms with van der Waals surface area (Å²) in [7, 11) is 0. The fourth-order valence-corrected chi connectivity index (χ4v) is 5.29. The summed E-state index contributed by atoms with van der Waals surface area (Å²) in [4.78, 5) is 25.3. The first-order chi connectivity index (χ1) is 22.2. The van der Waals surface area contributed by atoms with E-state index in [1.165, 1.54) is 62.8 Å². The maximum absolute atomic E-state index is 13.5. The van der Waals surface area contributed by atoms with Crippen molar-refractivity contribution in [1.82, 2.24) is 0 Å². The van der Waals surface area contributed by atoms with E-state index in [2.05, 4.69) is 13.8 Å². The lowest BCUT2D eigenvalue weighted by Gasteiger charge is -2.20. The number of ether oxygens (including phenoxy) is 3. The van der Waals surface area contributed by atoms with Crippen molar-refractivity contribution in [3.05, 3.63) is 71.8 Å². The zero-order valence-corrected chi connectivity index (χ0v) is 27.3. The van der Waals surface area contributed by atoms with Gasteiger partial charge >= 0.3 is 18.1 Å². The first-order valence-electron chi connectivity index (χ1n) is 17.0. The van der Waals surface area contributed by atoms with E-state index in [4.69, 9.17) is 14.2 Å². The third-order valence-electron chi connectivity index (χ3n) is 8.05. The molecule has 5 nitrogen and oxygen atoms in total. The van der Waals surface area contributed by atoms with Crippen molar-refractivity contribution in [3.63, 3.8) is 0 Å². The molecular formula is C38H49F3O5. The molecule has 0 aliphatic rings. The van der Waals surface area contributed by atoms with Crippen LogP contribution in [0.4, 0.5) is 13.2 Å². The highest BCUT2D eigenvalue weighted by atomic mass is 19.4. The van der Waals surface area contributed by atoms with Crippen LogP contribution >= 0.6 is 0 Å². The van der Waals surface area contributed by atoms with Gasteiger partial charge in [-0.2, -0.15) is 13.2 Å². The molecule has 3 aromatic rings. The van der Waals surface area contributed by atoms with Gasteiger partial charge in [0.25, 0.3) is 0 Å². The van der Waals surface area contributed by atoms with Crippen molar-refractivity contribution in [1.29, 1.82) is 0 Å². The standard InChI is InChI=1S/C38H49F3O5/c1-3-5-7-9-11-12-14-16-26-44-34-25-22-30-27-32(19-18-31(30)28-34)37(43)45-33-23-20-29(21-24-33)36(42)46-35(38(39,40)41)17-15-13-10-8-6-4-2/h18-25,27-28,35H,3-17,26H2,1-2H3. The molecule has 0 saturated heterocycles. The fraction of sp³-hybridized carbons (Fsp3) is 0.526. The first kappa shape index (κ1) is 36.9. The lowest BCUT2D eigenvalue weighted by molar-refractivity contribution is -0.206. The number of hydrogen-bond acceptors (Lipinski definition) is 5. The summed E-state index contributed by atoms with van der Waals surface area (Å²) in [5.41, 5.74) is 0.287. The van der Waals surface area contributed by atoms with Gasteiger partial charge in [0.2, 0.25) is 0 Å². The number of alkyl halides is 3. The van der Waals surface area contributed by atoms with Gasteiger partial charge in [0.1, 0.15) is 11.5 Å². The van der Waals surface area contributed by atoms with Gasteiger partial charge in [-0.25, -0.2) is 9.59 Å². The van der Waals surface area contributed by atoms with Gasteiger partial charge < -0.3 is 14.2 Å². The number of fused-ring (bicyclic) bond motifs is 1. The predicted octanol–water partition coefficient (Wildman–Crippen LogP) is 11.4. The molecule has 0 spiro atoms. The molecule has 0 aliphatic heterocycles. The zero-order chi connectivity index (χ0) is 33.2. The summed E-state index contributed by atoms with van der Waals surface area (Å²) in [6, 6.07) is 16.3. The van der Waals surface area contributed by atoms with Crippen LogP contribution in [0, 0.1) is 0 Å². The Morgan fingerprint density at radius 3 is 1.76 bits per heavy atom. The molecule has 0 amide bonds. The van der Waals surface area contributed by atoms with Crippen LogP contribution < -0.4 is 9.47 Å². The van der Waals surface area contributed by atoms with Crippen molar-refractivity contribution >= 4 is 22.7 Å². The van der Waals surface area contributed by atoms with Gasteiger partial charge in [-0.05, 0) is 78.6 Å². The molecule has 1 atom stereocenters. The molecule has 0 aliphatic carbocycles. The molecular weight excluding hydrogens is 593 g/mol. The molecule has 0 saturated carbocycles. The van der Waals surface area contributed by atoms with Crippen molar-refractivity contribution in [3.8, 4) is 11.5 Å². The lowest BCUT2D eigenvalue weighted by Crippen LogP contribution is -2.33.